The Bertz CT molecular complexity index is 1590. The van der Waals surface area contributed by atoms with Gasteiger partial charge >= 0.3 is 18.0 Å². The minimum Gasteiger partial charge on any atom is -0.454 e. The smallest absolute Gasteiger partial charge is 0.412 e. The van der Waals surface area contributed by atoms with Crippen molar-refractivity contribution in [3.05, 3.63) is 114 Å². The van der Waals surface area contributed by atoms with Crippen molar-refractivity contribution in [1.82, 2.24) is 0 Å². The molecule has 2 aliphatic rings. The molecule has 0 aliphatic carbocycles. The number of carbonyl (C=O) groups excluding carboxylic acids is 3. The number of esters is 2. The van der Waals surface area contributed by atoms with Crippen molar-refractivity contribution in [1.29, 1.82) is 5.26 Å². The fourth-order valence-electron chi connectivity index (χ4n) is 5.82. The molecule has 0 bridgehead atoms. The number of benzene rings is 3. The summed E-state index contributed by atoms with van der Waals surface area (Å²) in [6.45, 7) is -0.629. The van der Waals surface area contributed by atoms with Gasteiger partial charge in [0.15, 0.2) is 24.6 Å². The molecule has 2 N–H and O–H groups in total. The summed E-state index contributed by atoms with van der Waals surface area (Å²) >= 11 is 0. The van der Waals surface area contributed by atoms with Crippen LogP contribution in [-0.2, 0) is 46.1 Å². The maximum absolute atomic E-state index is 13.9. The second kappa shape index (κ2) is 16.7. The number of nitrogens with one attached hydrogen (secondary N) is 1. The molecule has 2 heterocycles. The fourth-order valence-corrected chi connectivity index (χ4v) is 5.82. The number of fused-ring (bicyclic) bond motifs is 1. The number of ether oxygens (including phenoxy) is 5. The predicted octanol–water partition coefficient (Wildman–Crippen LogP) is 4.73. The van der Waals surface area contributed by atoms with E-state index in [1.165, 1.54) is 31.4 Å². The van der Waals surface area contributed by atoms with Crippen LogP contribution < -0.4 is 5.32 Å². The Hall–Kier alpha value is -5.02. The molecule has 2 aliphatic heterocycles. The van der Waals surface area contributed by atoms with E-state index in [4.69, 9.17) is 28.9 Å². The van der Waals surface area contributed by atoms with Crippen molar-refractivity contribution in [2.75, 3.05) is 19.0 Å². The second-order valence-corrected chi connectivity index (χ2v) is 11.7. The first-order valence-corrected chi connectivity index (χ1v) is 15.8. The largest absolute Gasteiger partial charge is 0.454 e. The predicted molar refractivity (Wildman–Crippen MR) is 173 cm³/mol. The Balaban J connectivity index is 1.48. The molecule has 250 valence electrons. The van der Waals surface area contributed by atoms with E-state index in [1.54, 1.807) is 0 Å². The first-order chi connectivity index (χ1) is 23.4. The van der Waals surface area contributed by atoms with Crippen molar-refractivity contribution in [3.63, 3.8) is 0 Å². The Morgan fingerprint density at radius 1 is 0.854 bits per heavy atom. The van der Waals surface area contributed by atoms with E-state index < -0.39 is 67.2 Å². The van der Waals surface area contributed by atoms with Gasteiger partial charge < -0.3 is 28.8 Å². The molecule has 0 saturated carbocycles. The van der Waals surface area contributed by atoms with Gasteiger partial charge in [-0.15, -0.1) is 0 Å². The summed E-state index contributed by atoms with van der Waals surface area (Å²) in [5.74, 6) is -2.41. The standard InChI is InChI=1S/C37H38N2O9/c1-44-36-33-32(31(30(23-40)45-36)48-37(43)39-29-18-16-26(22-38)17-19-29)46-34(41)27(20-24-10-4-2-5-11-24)14-8-9-15-28(35(42)47-33)21-25-12-6-3-7-13-25/h2-13,16-19,27-28,30-33,36,40H,14-15,20-21,23H2,1H3,(H,39,43)/t27-,28-,30-,31-,32+,33+,36+/m1/s1. The average Bonchev–Trinajstić information content (AvgIpc) is 3.11. The molecule has 11 heteroatoms. The number of hydrogen-bond acceptors (Lipinski definition) is 10. The van der Waals surface area contributed by atoms with Gasteiger partial charge in [-0.2, -0.15) is 5.26 Å². The summed E-state index contributed by atoms with van der Waals surface area (Å²) in [6, 6.07) is 27.2. The molecule has 48 heavy (non-hydrogen) atoms. The summed E-state index contributed by atoms with van der Waals surface area (Å²) in [5, 5.41) is 22.0. The topological polar surface area (TPSA) is 153 Å². The lowest BCUT2D eigenvalue weighted by atomic mass is 9.92. The minimum absolute atomic E-state index is 0.330. The van der Waals surface area contributed by atoms with Crippen molar-refractivity contribution >= 4 is 23.7 Å². The maximum Gasteiger partial charge on any atom is 0.412 e. The number of methoxy groups -OCH3 is 1. The van der Waals surface area contributed by atoms with Gasteiger partial charge in [-0.05, 0) is 61.1 Å². The van der Waals surface area contributed by atoms with E-state index in [-0.39, 0.29) is 0 Å². The van der Waals surface area contributed by atoms with Gasteiger partial charge in [0, 0.05) is 12.8 Å². The number of rotatable bonds is 8. The summed E-state index contributed by atoms with van der Waals surface area (Å²) in [5.41, 5.74) is 2.60. The zero-order valence-corrected chi connectivity index (χ0v) is 26.5. The molecule has 0 aromatic heterocycles. The summed E-state index contributed by atoms with van der Waals surface area (Å²) < 4.78 is 29.4. The van der Waals surface area contributed by atoms with E-state index in [0.29, 0.717) is 36.9 Å². The Kier molecular flexibility index (Phi) is 11.9. The van der Waals surface area contributed by atoms with Crippen LogP contribution in [0.1, 0.15) is 29.5 Å². The number of hydrogen-bond donors (Lipinski definition) is 2. The van der Waals surface area contributed by atoms with E-state index >= 15 is 0 Å². The van der Waals surface area contributed by atoms with Gasteiger partial charge in [0.25, 0.3) is 0 Å². The Morgan fingerprint density at radius 2 is 1.40 bits per heavy atom. The van der Waals surface area contributed by atoms with Crippen molar-refractivity contribution in [2.45, 2.75) is 56.4 Å². The van der Waals surface area contributed by atoms with E-state index in [9.17, 15) is 19.5 Å². The van der Waals surface area contributed by atoms with Crippen LogP contribution in [0.15, 0.2) is 97.1 Å². The highest BCUT2D eigenvalue weighted by Gasteiger charge is 2.53. The van der Waals surface area contributed by atoms with Crippen molar-refractivity contribution in [3.8, 4) is 6.07 Å². The van der Waals surface area contributed by atoms with Crippen molar-refractivity contribution < 1.29 is 43.2 Å². The quantitative estimate of drug-likeness (QED) is 0.198. The normalized spacial score (nSPS) is 26.0. The number of nitrogens with zero attached hydrogens (tertiary/aromatic N) is 1. The number of anilines is 1. The molecule has 1 fully saturated rings. The lowest BCUT2D eigenvalue weighted by molar-refractivity contribution is -0.300. The van der Waals surface area contributed by atoms with E-state index in [0.717, 1.165) is 11.1 Å². The molecule has 1 amide bonds. The van der Waals surface area contributed by atoms with E-state index in [1.807, 2.05) is 78.9 Å². The average molecular weight is 655 g/mol. The first kappa shape index (κ1) is 34.3. The van der Waals surface area contributed by atoms with Crippen LogP contribution >= 0.6 is 0 Å². The Labute approximate surface area is 279 Å². The van der Waals surface area contributed by atoms with Gasteiger partial charge in [-0.1, -0.05) is 72.8 Å². The molecule has 0 spiro atoms. The zero-order chi connectivity index (χ0) is 33.9. The van der Waals surface area contributed by atoms with Gasteiger partial charge in [0.05, 0.1) is 30.1 Å². The van der Waals surface area contributed by atoms with Crippen LogP contribution in [0.25, 0.3) is 0 Å². The maximum atomic E-state index is 13.9. The van der Waals surface area contributed by atoms with Crippen molar-refractivity contribution in [2.24, 2.45) is 11.8 Å². The number of carbonyl (C=O) groups is 3. The van der Waals surface area contributed by atoms with Crippen LogP contribution in [0.4, 0.5) is 10.5 Å². The monoisotopic (exact) mass is 654 g/mol. The highest BCUT2D eigenvalue weighted by molar-refractivity contribution is 5.85. The van der Waals surface area contributed by atoms with Crippen LogP contribution in [0.2, 0.25) is 0 Å². The number of allylic oxidation sites excluding steroid dienone is 2. The third-order valence-electron chi connectivity index (χ3n) is 8.34. The molecule has 5 rings (SSSR count). The van der Waals surface area contributed by atoms with Crippen LogP contribution in [0.5, 0.6) is 0 Å². The number of aliphatic hydroxyl groups is 1. The highest BCUT2D eigenvalue weighted by Crippen LogP contribution is 2.32. The number of amides is 1. The summed E-state index contributed by atoms with van der Waals surface area (Å²) in [7, 11) is 1.34. The number of aliphatic hydroxyl groups excluding tert-OH is 1. The third kappa shape index (κ3) is 8.86. The highest BCUT2D eigenvalue weighted by atomic mass is 16.7. The summed E-state index contributed by atoms with van der Waals surface area (Å²) in [6.07, 6.45) is -2.35. The van der Waals surface area contributed by atoms with E-state index in [2.05, 4.69) is 5.32 Å². The molecular formula is C37H38N2O9. The third-order valence-corrected chi connectivity index (χ3v) is 8.34. The summed E-state index contributed by atoms with van der Waals surface area (Å²) in [4.78, 5) is 40.9. The molecular weight excluding hydrogens is 616 g/mol. The minimum atomic E-state index is -1.40. The molecule has 3 aromatic rings. The molecule has 7 atom stereocenters. The molecule has 1 saturated heterocycles. The SMILES string of the molecule is CO[C@H]1O[C@H](CO)[C@@H](OC(=O)Nc2ccc(C#N)cc2)[C@@H]2OC(=O)[C@@H](Cc3ccccc3)CC=CC[C@H](Cc3ccccc3)C(=O)O[C@H]12. The van der Waals surface area contributed by atoms with Crippen LogP contribution in [0.3, 0.4) is 0 Å². The molecule has 3 aromatic carbocycles. The first-order valence-electron chi connectivity index (χ1n) is 15.8. The Morgan fingerprint density at radius 3 is 1.90 bits per heavy atom. The van der Waals surface area contributed by atoms with Crippen LogP contribution in [0, 0.1) is 23.2 Å². The molecule has 0 radical (unpaired) electrons. The zero-order valence-electron chi connectivity index (χ0n) is 26.5. The van der Waals surface area contributed by atoms with Gasteiger partial charge in [0.2, 0.25) is 0 Å². The lowest BCUT2D eigenvalue weighted by Gasteiger charge is -2.44. The molecule has 0 unspecified atom stereocenters. The van der Waals surface area contributed by atoms with Gasteiger partial charge in [-0.3, -0.25) is 14.9 Å². The number of nitriles is 1. The van der Waals surface area contributed by atoms with Gasteiger partial charge in [0.1, 0.15) is 6.10 Å². The lowest BCUT2D eigenvalue weighted by Crippen LogP contribution is -2.63. The molecule has 11 nitrogen and oxygen atoms in total. The van der Waals surface area contributed by atoms with Gasteiger partial charge in [-0.25, -0.2) is 4.79 Å². The second-order valence-electron chi connectivity index (χ2n) is 11.7. The fraction of sp³-hybridized carbons (Fsp3) is 0.351. The van der Waals surface area contributed by atoms with Crippen LogP contribution in [-0.4, -0.2) is 67.6 Å².